The molecule has 2 saturated heterocycles. The van der Waals surface area contributed by atoms with Crippen molar-refractivity contribution in [2.45, 2.75) is 44.9 Å². The maximum Gasteiger partial charge on any atom is 0.423 e. The lowest BCUT2D eigenvalue weighted by molar-refractivity contribution is -0.140. The Morgan fingerprint density at radius 1 is 0.894 bits per heavy atom. The van der Waals surface area contributed by atoms with Crippen molar-refractivity contribution in [1.29, 1.82) is 0 Å². The molecular formula is C37H35N3O7. The fourth-order valence-electron chi connectivity index (χ4n) is 8.55. The van der Waals surface area contributed by atoms with Gasteiger partial charge in [-0.15, -0.1) is 0 Å². The number of aryl methyl sites for hydroxylation is 3. The molecule has 10 nitrogen and oxygen atoms in total. The van der Waals surface area contributed by atoms with Crippen LogP contribution in [0, 0.1) is 44.4 Å². The molecule has 47 heavy (non-hydrogen) atoms. The van der Waals surface area contributed by atoms with Crippen LogP contribution in [0.4, 0.5) is 10.5 Å². The lowest BCUT2D eigenvalue weighted by atomic mass is 9.49. The monoisotopic (exact) mass is 633 g/mol. The second kappa shape index (κ2) is 10.9. The lowest BCUT2D eigenvalue weighted by Crippen LogP contribution is -2.53. The number of nitrogens with zero attached hydrogens (tertiary/aromatic N) is 2. The van der Waals surface area contributed by atoms with E-state index in [9.17, 15) is 24.3 Å². The molecule has 0 aromatic heterocycles. The van der Waals surface area contributed by atoms with Gasteiger partial charge in [-0.3, -0.25) is 24.6 Å². The summed E-state index contributed by atoms with van der Waals surface area (Å²) in [5.41, 5.74) is 6.57. The summed E-state index contributed by atoms with van der Waals surface area (Å²) in [7, 11) is 1.12. The van der Waals surface area contributed by atoms with Gasteiger partial charge in [-0.25, -0.2) is 4.79 Å². The quantitative estimate of drug-likeness (QED) is 0.301. The third kappa shape index (κ3) is 4.27. The number of carbonyl (C=O) groups excluding carboxylic acids is 5. The van der Waals surface area contributed by atoms with Crippen molar-refractivity contribution in [3.63, 3.8) is 0 Å². The number of fused-ring (bicyclic) bond motifs is 4. The van der Waals surface area contributed by atoms with Crippen LogP contribution in [0.5, 0.6) is 5.75 Å². The van der Waals surface area contributed by atoms with Gasteiger partial charge in [0.05, 0.1) is 36.0 Å². The number of imide groups is 4. The molecular weight excluding hydrogens is 598 g/mol. The largest absolute Gasteiger partial charge is 0.507 e. The number of nitrogens with one attached hydrogen (secondary N) is 1. The second-order valence-corrected chi connectivity index (χ2v) is 13.1. The maximum absolute atomic E-state index is 15.1. The molecule has 2 aliphatic heterocycles. The van der Waals surface area contributed by atoms with Crippen LogP contribution in [0.25, 0.3) is 0 Å². The molecule has 2 N–H and O–H groups in total. The number of benzene rings is 3. The third-order valence-electron chi connectivity index (χ3n) is 10.6. The van der Waals surface area contributed by atoms with Crippen LogP contribution in [0.15, 0.2) is 78.4 Å². The van der Waals surface area contributed by atoms with Gasteiger partial charge < -0.3 is 9.84 Å². The summed E-state index contributed by atoms with van der Waals surface area (Å²) in [5.74, 6) is -5.99. The number of ether oxygens (including phenoxy) is 1. The Morgan fingerprint density at radius 3 is 2.19 bits per heavy atom. The number of methoxy groups -OCH3 is 1. The van der Waals surface area contributed by atoms with Crippen molar-refractivity contribution in [1.82, 2.24) is 9.91 Å². The number of likely N-dealkylation sites (tertiary alicyclic amines) is 1. The van der Waals surface area contributed by atoms with E-state index in [1.54, 1.807) is 26.0 Å². The summed E-state index contributed by atoms with van der Waals surface area (Å²) in [6, 6.07) is 20.3. The summed E-state index contributed by atoms with van der Waals surface area (Å²) < 4.78 is 4.79. The SMILES string of the molecule is COC(=O)N1C(=O)[C@H]2[C@H](CC=C3[C@H]2C[C@H]2C(=O)N(Nc4ccc(C)cc4)C(=O)[C@@]2(c2ccccc2)[C@H]3c2cc(C)c(O)c(C)c2)C1=O. The third-order valence-corrected chi connectivity index (χ3v) is 10.6. The van der Waals surface area contributed by atoms with E-state index < -0.39 is 64.7 Å². The van der Waals surface area contributed by atoms with Gasteiger partial charge in [0, 0.05) is 5.92 Å². The highest BCUT2D eigenvalue weighted by Gasteiger charge is 2.70. The van der Waals surface area contributed by atoms with Gasteiger partial charge in [0.15, 0.2) is 0 Å². The summed E-state index contributed by atoms with van der Waals surface area (Å²) in [5, 5.41) is 11.9. The molecule has 3 aromatic rings. The Bertz CT molecular complexity index is 1860. The Morgan fingerprint density at radius 2 is 1.55 bits per heavy atom. The Kier molecular flexibility index (Phi) is 7.07. The van der Waals surface area contributed by atoms with E-state index in [2.05, 4.69) is 5.43 Å². The van der Waals surface area contributed by atoms with Gasteiger partial charge in [-0.1, -0.05) is 71.8 Å². The van der Waals surface area contributed by atoms with E-state index in [-0.39, 0.29) is 18.6 Å². The van der Waals surface area contributed by atoms with Gasteiger partial charge in [0.1, 0.15) is 5.75 Å². The number of rotatable bonds is 4. The minimum Gasteiger partial charge on any atom is -0.507 e. The van der Waals surface area contributed by atoms with E-state index in [0.29, 0.717) is 32.8 Å². The van der Waals surface area contributed by atoms with Crippen LogP contribution in [-0.4, -0.2) is 51.8 Å². The fourth-order valence-corrected chi connectivity index (χ4v) is 8.55. The number of amides is 5. The Hall–Kier alpha value is -5.25. The number of phenolic OH excluding ortho intramolecular Hbond substituents is 1. The van der Waals surface area contributed by atoms with Crippen LogP contribution in [0.1, 0.15) is 46.6 Å². The highest BCUT2D eigenvalue weighted by atomic mass is 16.5. The number of aromatic hydroxyl groups is 1. The van der Waals surface area contributed by atoms with E-state index >= 15 is 4.79 Å². The van der Waals surface area contributed by atoms with Crippen LogP contribution in [-0.2, 0) is 29.3 Å². The van der Waals surface area contributed by atoms with Gasteiger partial charge in [0.25, 0.3) is 11.8 Å². The highest BCUT2D eigenvalue weighted by molar-refractivity contribution is 6.16. The molecule has 0 spiro atoms. The first-order valence-corrected chi connectivity index (χ1v) is 15.7. The van der Waals surface area contributed by atoms with Crippen molar-refractivity contribution in [2.24, 2.45) is 23.7 Å². The molecule has 4 aliphatic rings. The van der Waals surface area contributed by atoms with Crippen molar-refractivity contribution < 1.29 is 33.8 Å². The molecule has 3 fully saturated rings. The van der Waals surface area contributed by atoms with Crippen LogP contribution < -0.4 is 5.43 Å². The van der Waals surface area contributed by atoms with Crippen LogP contribution in [0.3, 0.4) is 0 Å². The minimum absolute atomic E-state index is 0.110. The lowest BCUT2D eigenvalue weighted by Gasteiger charge is -2.50. The number of phenols is 1. The Labute approximate surface area is 272 Å². The summed E-state index contributed by atoms with van der Waals surface area (Å²) in [6.07, 6.45) is 1.19. The standard InChI is InChI=1S/C37H35N3O7/c1-19-10-12-24(13-11-19)38-40-33(43)28-18-27-25(14-15-26-29(27)34(44)39(32(26)42)36(46)47-4)30(22-16-20(2)31(41)21(3)17-22)37(28,35(40)45)23-8-6-5-7-9-23/h5-14,16-17,26-30,38,41H,15,18H2,1-4H3/t26-,27+,28-,29-,30-,37+/m0/s1. The molecule has 0 bridgehead atoms. The fraction of sp³-hybridized carbons (Fsp3) is 0.324. The topological polar surface area (TPSA) is 133 Å². The van der Waals surface area contributed by atoms with Crippen molar-refractivity contribution in [3.05, 3.63) is 106 Å². The van der Waals surface area contributed by atoms with Gasteiger partial charge in [0.2, 0.25) is 11.8 Å². The normalized spacial score (nSPS) is 28.1. The smallest absolute Gasteiger partial charge is 0.423 e. The highest BCUT2D eigenvalue weighted by Crippen LogP contribution is 2.64. The van der Waals surface area contributed by atoms with E-state index in [0.717, 1.165) is 23.3 Å². The minimum atomic E-state index is -1.42. The number of hydrazine groups is 1. The molecule has 7 rings (SSSR count). The second-order valence-electron chi connectivity index (χ2n) is 13.1. The molecule has 2 heterocycles. The molecule has 3 aromatic carbocycles. The number of anilines is 1. The summed E-state index contributed by atoms with van der Waals surface area (Å²) >= 11 is 0. The zero-order valence-electron chi connectivity index (χ0n) is 26.5. The average Bonchev–Trinajstić information content (AvgIpc) is 3.45. The van der Waals surface area contributed by atoms with Crippen molar-refractivity contribution in [3.8, 4) is 5.75 Å². The molecule has 0 unspecified atom stereocenters. The Balaban J connectivity index is 1.46. The number of hydrogen-bond donors (Lipinski definition) is 2. The van der Waals surface area contributed by atoms with E-state index in [1.165, 1.54) is 0 Å². The van der Waals surface area contributed by atoms with Crippen molar-refractivity contribution in [2.75, 3.05) is 12.5 Å². The number of allylic oxidation sites excluding steroid dienone is 2. The number of carbonyl (C=O) groups is 5. The molecule has 10 heteroatoms. The van der Waals surface area contributed by atoms with Crippen molar-refractivity contribution >= 4 is 35.4 Å². The molecule has 1 saturated carbocycles. The molecule has 2 aliphatic carbocycles. The molecule has 5 amide bonds. The van der Waals surface area contributed by atoms with Gasteiger partial charge >= 0.3 is 6.09 Å². The first-order chi connectivity index (χ1) is 22.5. The predicted octanol–water partition coefficient (Wildman–Crippen LogP) is 5.07. The van der Waals surface area contributed by atoms with E-state index in [4.69, 9.17) is 4.74 Å². The molecule has 0 radical (unpaired) electrons. The van der Waals surface area contributed by atoms with Gasteiger partial charge in [-0.05, 0) is 73.9 Å². The summed E-state index contributed by atoms with van der Waals surface area (Å²) in [6.45, 7) is 5.51. The predicted molar refractivity (Wildman–Crippen MR) is 171 cm³/mol. The first kappa shape index (κ1) is 30.4. The summed E-state index contributed by atoms with van der Waals surface area (Å²) in [4.78, 5) is 70.3. The van der Waals surface area contributed by atoms with Crippen LogP contribution in [0.2, 0.25) is 0 Å². The van der Waals surface area contributed by atoms with Gasteiger partial charge in [-0.2, -0.15) is 9.91 Å². The van der Waals surface area contributed by atoms with E-state index in [1.807, 2.05) is 67.6 Å². The zero-order chi connectivity index (χ0) is 33.4. The molecule has 6 atom stereocenters. The first-order valence-electron chi connectivity index (χ1n) is 15.7. The average molecular weight is 634 g/mol. The van der Waals surface area contributed by atoms with Crippen LogP contribution >= 0.6 is 0 Å². The number of hydrogen-bond acceptors (Lipinski definition) is 8. The maximum atomic E-state index is 15.1. The zero-order valence-corrected chi connectivity index (χ0v) is 26.5. The molecule has 240 valence electrons.